The monoisotopic (exact) mass is 227 g/mol. The van der Waals surface area contributed by atoms with Crippen LogP contribution in [0.3, 0.4) is 0 Å². The Morgan fingerprint density at radius 3 is 0.429 bits per heavy atom. The molecule has 0 rings (SSSR count). The fourth-order valence-electron chi connectivity index (χ4n) is 0. The van der Waals surface area contributed by atoms with Gasteiger partial charge in [-0.3, -0.25) is 0 Å². The average molecular weight is 227 g/mol. The average Bonchev–Trinajstić information content (AvgIpc) is 0. The van der Waals surface area contributed by atoms with Crippen LogP contribution in [0.2, 0.25) is 0 Å². The molecule has 0 fully saturated rings. The molecule has 0 aromatic carbocycles. The van der Waals surface area contributed by atoms with Gasteiger partial charge < -0.3 is 21.9 Å². The number of rotatable bonds is 0. The summed E-state index contributed by atoms with van der Waals surface area (Å²) in [4.78, 5) is 0. The van der Waals surface area contributed by atoms with Gasteiger partial charge >= 0.3 is 51.5 Å². The van der Waals surface area contributed by atoms with Crippen molar-refractivity contribution >= 4 is 0 Å². The Morgan fingerprint density at radius 1 is 0.429 bits per heavy atom. The van der Waals surface area contributed by atoms with Gasteiger partial charge in [0.05, 0.1) is 0 Å². The van der Waals surface area contributed by atoms with Gasteiger partial charge in [0.25, 0.3) is 0 Å². The van der Waals surface area contributed by atoms with E-state index in [1.165, 1.54) is 0 Å². The van der Waals surface area contributed by atoms with Gasteiger partial charge in [-0.2, -0.15) is 0 Å². The minimum absolute atomic E-state index is 0. The van der Waals surface area contributed by atoms with Crippen molar-refractivity contribution in [3.05, 3.63) is 0 Å². The van der Waals surface area contributed by atoms with Gasteiger partial charge in [-0.15, -0.1) is 0 Å². The van der Waals surface area contributed by atoms with Crippen molar-refractivity contribution in [1.82, 2.24) is 0 Å². The predicted molar refractivity (Wildman–Crippen MR) is 2.75 cm³/mol. The van der Waals surface area contributed by atoms with E-state index >= 15 is 0 Å². The fourth-order valence-corrected chi connectivity index (χ4v) is 0. The first-order valence-electron chi connectivity index (χ1n) is 0. The summed E-state index contributed by atoms with van der Waals surface area (Å²) in [5.41, 5.74) is 0. The second kappa shape index (κ2) is 153. The molecule has 0 amide bonds. The summed E-state index contributed by atoms with van der Waals surface area (Å²) in [6, 6.07) is 0. The summed E-state index contributed by atoms with van der Waals surface area (Å²) in [5, 5.41) is 0. The molecular weight excluding hydrogens is 227 g/mol. The predicted octanol–water partition coefficient (Wildman–Crippen LogP) is -0.483. The summed E-state index contributed by atoms with van der Waals surface area (Å²) in [7, 11) is 0. The van der Waals surface area contributed by atoms with Crippen LogP contribution in [0, 0.1) is 0 Å². The smallest absolute Gasteiger partial charge is 2.00 e. The third-order valence-electron chi connectivity index (χ3n) is 0. The molecule has 0 aliphatic rings. The first-order valence-corrected chi connectivity index (χ1v) is 0. The summed E-state index contributed by atoms with van der Waals surface area (Å²) in [6.45, 7) is 0. The molecule has 0 spiro atoms. The zero-order chi connectivity index (χ0) is 0. The van der Waals surface area contributed by atoms with Crippen molar-refractivity contribution in [3.63, 3.8) is 0 Å². The van der Waals surface area contributed by atoms with Crippen LogP contribution in [0.25, 0.3) is 0 Å². The molecule has 0 aliphatic heterocycles. The minimum atomic E-state index is 0. The summed E-state index contributed by atoms with van der Waals surface area (Å²) in [5.74, 6) is 0. The molecule has 0 aromatic heterocycles. The van der Waals surface area contributed by atoms with Gasteiger partial charge in [0, 0.05) is 0 Å². The van der Waals surface area contributed by atoms with Crippen LogP contribution in [-0.2, 0) is 73.4 Å². The summed E-state index contributed by atoms with van der Waals surface area (Å²) >= 11 is 0. The van der Waals surface area contributed by atoms with Crippen molar-refractivity contribution in [2.75, 3.05) is 0 Å². The molecule has 0 bridgehead atoms. The van der Waals surface area contributed by atoms with E-state index in [4.69, 9.17) is 0 Å². The Labute approximate surface area is 73.4 Å². The fraction of sp³-hybridized carbons (Fsp3) is 0. The third-order valence-corrected chi connectivity index (χ3v) is 0. The van der Waals surface area contributed by atoms with Crippen LogP contribution < -0.4 is 0 Å². The van der Waals surface area contributed by atoms with Crippen LogP contribution in [-0.4, -0.2) is 0 Å². The van der Waals surface area contributed by atoms with Gasteiger partial charge in [0.2, 0.25) is 0 Å². The van der Waals surface area contributed by atoms with Gasteiger partial charge in [0.1, 0.15) is 0 Å². The van der Waals surface area contributed by atoms with Crippen molar-refractivity contribution in [3.8, 4) is 0 Å². The molecule has 0 aromatic rings. The maximum Gasteiger partial charge on any atom is 6.00 e. The van der Waals surface area contributed by atoms with Crippen molar-refractivity contribution < 1.29 is 73.4 Å². The van der Waals surface area contributed by atoms with E-state index in [2.05, 4.69) is 0 Å². The van der Waals surface area contributed by atoms with Gasteiger partial charge in [-0.25, -0.2) is 0 Å². The van der Waals surface area contributed by atoms with E-state index in [0.717, 1.165) is 0 Å². The number of hydrogen-bond donors (Lipinski definition) is 0. The van der Waals surface area contributed by atoms with Crippen LogP contribution in [0.15, 0.2) is 0 Å². The summed E-state index contributed by atoms with van der Waals surface area (Å²) < 4.78 is 0. The zero-order valence-electron chi connectivity index (χ0n) is 2.78. The molecule has 39 valence electrons. The second-order valence-corrected chi connectivity index (χ2v) is 0. The molecule has 0 aliphatic carbocycles. The van der Waals surface area contributed by atoms with Crippen molar-refractivity contribution in [2.24, 2.45) is 0 Å². The normalized spacial score (nSPS) is 0. The van der Waals surface area contributed by atoms with Crippen LogP contribution in [0.4, 0.5) is 0 Å². The van der Waals surface area contributed by atoms with Crippen molar-refractivity contribution in [2.45, 2.75) is 0 Å². The number of hydrogen-bond acceptors (Lipinski definition) is 0. The van der Waals surface area contributed by atoms with E-state index in [1.807, 2.05) is 0 Å². The molecule has 7 heteroatoms. The summed E-state index contributed by atoms with van der Waals surface area (Å²) in [6.07, 6.45) is 0. The van der Waals surface area contributed by atoms with E-state index in [9.17, 15) is 0 Å². The van der Waals surface area contributed by atoms with Gasteiger partial charge in [-0.05, 0) is 0 Å². The Kier molecular flexibility index (Phi) is 5070. The van der Waals surface area contributed by atoms with E-state index in [1.54, 1.807) is 0 Å². The molecule has 1 radical (unpaired) electrons. The van der Waals surface area contributed by atoms with Crippen LogP contribution in [0.5, 0.6) is 0 Å². The molecular formula is CoCr2O4+6. The Hall–Kier alpha value is 1.41. The van der Waals surface area contributed by atoms with E-state index in [0.29, 0.717) is 0 Å². The van der Waals surface area contributed by atoms with Gasteiger partial charge in [-0.1, -0.05) is 0 Å². The quantitative estimate of drug-likeness (QED) is 0.531. The third kappa shape index (κ3) is 109. The van der Waals surface area contributed by atoms with E-state index in [-0.39, 0.29) is 73.4 Å². The maximum absolute atomic E-state index is 0. The van der Waals surface area contributed by atoms with Crippen LogP contribution >= 0.6 is 0 Å². The standard InChI is InChI=1S/Co.2Cr.4O/q+2;2*+6;4*-2. The zero-order valence-corrected chi connectivity index (χ0v) is 6.37. The Balaban J connectivity index is 0. The molecule has 4 nitrogen and oxygen atoms in total. The Morgan fingerprint density at radius 2 is 0.429 bits per heavy atom. The molecule has 0 N–H and O–H groups in total. The first kappa shape index (κ1) is 232. The van der Waals surface area contributed by atoms with E-state index < -0.39 is 0 Å². The maximum atomic E-state index is 0. The molecule has 0 saturated heterocycles. The minimum Gasteiger partial charge on any atom is -2.00 e. The largest absolute Gasteiger partial charge is 6.00 e. The SMILES string of the molecule is [Co+2].[Cr+6].[Cr+6].[O-2].[O-2].[O-2].[O-2]. The second-order valence-electron chi connectivity index (χ2n) is 0. The molecule has 0 heterocycles. The van der Waals surface area contributed by atoms with Gasteiger partial charge in [0.15, 0.2) is 0 Å². The molecule has 0 atom stereocenters. The molecule has 0 saturated carbocycles. The molecule has 7 heavy (non-hydrogen) atoms. The Bertz CT molecular complexity index is 9.65. The van der Waals surface area contributed by atoms with Crippen molar-refractivity contribution in [1.29, 1.82) is 0 Å². The van der Waals surface area contributed by atoms with Crippen LogP contribution in [0.1, 0.15) is 0 Å². The molecule has 0 unspecified atom stereocenters. The first-order chi connectivity index (χ1) is 0. The topological polar surface area (TPSA) is 114 Å².